The Labute approximate surface area is 114 Å². The third-order valence-corrected chi connectivity index (χ3v) is 3.77. The van der Waals surface area contributed by atoms with E-state index in [9.17, 15) is 9.59 Å². The molecule has 1 heterocycles. The van der Waals surface area contributed by atoms with Gasteiger partial charge in [0.2, 0.25) is 0 Å². The van der Waals surface area contributed by atoms with E-state index in [2.05, 4.69) is 0 Å². The van der Waals surface area contributed by atoms with Crippen molar-refractivity contribution >= 4 is 12.1 Å². The zero-order valence-corrected chi connectivity index (χ0v) is 12.1. The first kappa shape index (κ1) is 14.2. The van der Waals surface area contributed by atoms with Crippen LogP contribution in [0.4, 0.5) is 4.79 Å². The second kappa shape index (κ2) is 5.02. The van der Waals surface area contributed by atoms with Gasteiger partial charge in [0, 0.05) is 12.6 Å². The van der Waals surface area contributed by atoms with Gasteiger partial charge in [-0.1, -0.05) is 0 Å². The van der Waals surface area contributed by atoms with Gasteiger partial charge in [-0.05, 0) is 46.5 Å². The van der Waals surface area contributed by atoms with Crippen molar-refractivity contribution in [1.29, 1.82) is 0 Å². The van der Waals surface area contributed by atoms with E-state index in [1.54, 1.807) is 11.8 Å². The summed E-state index contributed by atoms with van der Waals surface area (Å²) in [4.78, 5) is 25.8. The number of carbonyl (C=O) groups is 2. The fraction of sp³-hybridized carbons (Fsp3) is 0.857. The molecule has 1 saturated heterocycles. The summed E-state index contributed by atoms with van der Waals surface area (Å²) in [5.41, 5.74) is -0.502. The summed E-state index contributed by atoms with van der Waals surface area (Å²) >= 11 is 0. The molecule has 0 spiro atoms. The second-order valence-electron chi connectivity index (χ2n) is 6.32. The Morgan fingerprint density at radius 3 is 2.53 bits per heavy atom. The maximum atomic E-state index is 12.1. The molecule has 1 saturated carbocycles. The van der Waals surface area contributed by atoms with E-state index in [1.807, 2.05) is 20.8 Å². The monoisotopic (exact) mass is 269 g/mol. The van der Waals surface area contributed by atoms with Gasteiger partial charge in [-0.15, -0.1) is 0 Å². The Balaban J connectivity index is 2.03. The van der Waals surface area contributed by atoms with E-state index in [0.717, 1.165) is 12.8 Å². The molecule has 0 unspecified atom stereocenters. The van der Waals surface area contributed by atoms with Gasteiger partial charge in [-0.2, -0.15) is 0 Å². The number of rotatable bonds is 2. The van der Waals surface area contributed by atoms with Crippen molar-refractivity contribution in [3.8, 4) is 0 Å². The molecule has 0 radical (unpaired) electrons. The van der Waals surface area contributed by atoms with Crippen LogP contribution in [0.25, 0.3) is 0 Å². The number of amides is 1. The molecule has 0 N–H and O–H groups in total. The Kier molecular flexibility index (Phi) is 3.74. The number of fused-ring (bicyclic) bond motifs is 2. The number of likely N-dealkylation sites (tertiary alicyclic amines) is 1. The molecule has 1 aliphatic carbocycles. The van der Waals surface area contributed by atoms with Crippen LogP contribution in [0.1, 0.15) is 40.5 Å². The maximum Gasteiger partial charge on any atom is 0.410 e. The fourth-order valence-corrected chi connectivity index (χ4v) is 3.12. The summed E-state index contributed by atoms with van der Waals surface area (Å²) in [5.74, 6) is -0.0925. The first-order valence-corrected chi connectivity index (χ1v) is 6.99. The molecule has 2 aliphatic rings. The van der Waals surface area contributed by atoms with Crippen LogP contribution >= 0.6 is 0 Å². The van der Waals surface area contributed by atoms with Crippen LogP contribution in [0.3, 0.4) is 0 Å². The minimum atomic E-state index is -0.502. The standard InChI is InChI=1S/C14H23NO4/c1-5-18-12(16)11-9-6-7-10(11)15(8-9)13(17)19-14(2,3)4/h9-11H,5-8H2,1-4H3/t9-,10-,11+/m0/s1. The molecule has 19 heavy (non-hydrogen) atoms. The van der Waals surface area contributed by atoms with Crippen molar-refractivity contribution in [2.75, 3.05) is 13.2 Å². The first-order chi connectivity index (χ1) is 8.83. The second-order valence-corrected chi connectivity index (χ2v) is 6.32. The zero-order chi connectivity index (χ0) is 14.2. The van der Waals surface area contributed by atoms with Crippen LogP contribution in [-0.4, -0.2) is 41.8 Å². The van der Waals surface area contributed by atoms with Crippen molar-refractivity contribution in [2.24, 2.45) is 11.8 Å². The number of hydrogen-bond donors (Lipinski definition) is 0. The minimum absolute atomic E-state index is 0.0427. The Morgan fingerprint density at radius 2 is 1.95 bits per heavy atom. The quantitative estimate of drug-likeness (QED) is 0.721. The molecule has 1 aliphatic heterocycles. The van der Waals surface area contributed by atoms with Crippen molar-refractivity contribution in [1.82, 2.24) is 4.90 Å². The first-order valence-electron chi connectivity index (χ1n) is 6.99. The van der Waals surface area contributed by atoms with E-state index < -0.39 is 5.60 Å². The molecule has 1 amide bonds. The number of hydrogen-bond acceptors (Lipinski definition) is 4. The van der Waals surface area contributed by atoms with Gasteiger partial charge in [0.1, 0.15) is 5.60 Å². The number of carbonyl (C=O) groups excluding carboxylic acids is 2. The highest BCUT2D eigenvalue weighted by molar-refractivity contribution is 5.77. The Hall–Kier alpha value is -1.26. The topological polar surface area (TPSA) is 55.8 Å². The molecule has 0 aromatic rings. The van der Waals surface area contributed by atoms with Crippen molar-refractivity contribution in [2.45, 2.75) is 52.2 Å². The van der Waals surface area contributed by atoms with Gasteiger partial charge in [0.15, 0.2) is 0 Å². The van der Waals surface area contributed by atoms with Crippen LogP contribution in [0.5, 0.6) is 0 Å². The van der Waals surface area contributed by atoms with Gasteiger partial charge >= 0.3 is 12.1 Å². The van der Waals surface area contributed by atoms with Crippen LogP contribution in [-0.2, 0) is 14.3 Å². The van der Waals surface area contributed by atoms with Crippen molar-refractivity contribution in [3.05, 3.63) is 0 Å². The van der Waals surface area contributed by atoms with Gasteiger partial charge in [-0.25, -0.2) is 4.79 Å². The van der Waals surface area contributed by atoms with Crippen molar-refractivity contribution in [3.63, 3.8) is 0 Å². The fourth-order valence-electron chi connectivity index (χ4n) is 3.12. The molecule has 5 nitrogen and oxygen atoms in total. The third-order valence-electron chi connectivity index (χ3n) is 3.77. The van der Waals surface area contributed by atoms with Crippen LogP contribution in [0.15, 0.2) is 0 Å². The lowest BCUT2D eigenvalue weighted by Gasteiger charge is -2.30. The van der Waals surface area contributed by atoms with E-state index in [1.165, 1.54) is 0 Å². The third kappa shape index (κ3) is 2.85. The maximum absolute atomic E-state index is 12.1. The van der Waals surface area contributed by atoms with Gasteiger partial charge in [0.05, 0.1) is 12.5 Å². The van der Waals surface area contributed by atoms with E-state index in [4.69, 9.17) is 9.47 Å². The molecule has 2 rings (SSSR count). The average molecular weight is 269 g/mol. The summed E-state index contributed by atoms with van der Waals surface area (Å²) in [5, 5.41) is 0. The predicted molar refractivity (Wildman–Crippen MR) is 69.6 cm³/mol. The molecule has 2 fully saturated rings. The highest BCUT2D eigenvalue weighted by Gasteiger charge is 2.53. The lowest BCUT2D eigenvalue weighted by molar-refractivity contribution is -0.149. The van der Waals surface area contributed by atoms with E-state index in [0.29, 0.717) is 13.2 Å². The Morgan fingerprint density at radius 1 is 1.26 bits per heavy atom. The number of esters is 1. The molecule has 0 aromatic heterocycles. The highest BCUT2D eigenvalue weighted by Crippen LogP contribution is 2.43. The van der Waals surface area contributed by atoms with Crippen molar-refractivity contribution < 1.29 is 19.1 Å². The largest absolute Gasteiger partial charge is 0.466 e. The predicted octanol–water partition coefficient (Wildman–Crippen LogP) is 2.20. The normalized spacial score (nSPS) is 29.5. The number of piperidine rings is 1. The molecule has 108 valence electrons. The average Bonchev–Trinajstić information content (AvgIpc) is 2.83. The van der Waals surface area contributed by atoms with Crippen LogP contribution in [0, 0.1) is 11.8 Å². The Bertz CT molecular complexity index is 374. The molecular weight excluding hydrogens is 246 g/mol. The van der Waals surface area contributed by atoms with Crippen LogP contribution < -0.4 is 0 Å². The molecule has 0 aromatic carbocycles. The lowest BCUT2D eigenvalue weighted by atomic mass is 9.99. The summed E-state index contributed by atoms with van der Waals surface area (Å²) in [6.45, 7) is 8.36. The smallest absolute Gasteiger partial charge is 0.410 e. The molecule has 5 heteroatoms. The highest BCUT2D eigenvalue weighted by atomic mass is 16.6. The van der Waals surface area contributed by atoms with Crippen LogP contribution in [0.2, 0.25) is 0 Å². The van der Waals surface area contributed by atoms with E-state index >= 15 is 0 Å². The van der Waals surface area contributed by atoms with Gasteiger partial charge in [0.25, 0.3) is 0 Å². The molecular formula is C14H23NO4. The summed E-state index contributed by atoms with van der Waals surface area (Å²) < 4.78 is 10.5. The molecule has 3 atom stereocenters. The molecule has 2 bridgehead atoms. The number of ether oxygens (including phenoxy) is 2. The number of nitrogens with zero attached hydrogens (tertiary/aromatic N) is 1. The minimum Gasteiger partial charge on any atom is -0.466 e. The summed E-state index contributed by atoms with van der Waals surface area (Å²) in [6.07, 6.45) is 1.55. The summed E-state index contributed by atoms with van der Waals surface area (Å²) in [6, 6.07) is -0.0427. The SMILES string of the molecule is CCOC(=O)[C@@H]1[C@H]2CC[C@@H]1N(C(=O)OC(C)(C)C)C2. The van der Waals surface area contributed by atoms with Gasteiger partial charge < -0.3 is 14.4 Å². The summed E-state index contributed by atoms with van der Waals surface area (Å²) in [7, 11) is 0. The van der Waals surface area contributed by atoms with E-state index in [-0.39, 0.29) is 29.9 Å². The van der Waals surface area contributed by atoms with Gasteiger partial charge in [-0.3, -0.25) is 4.79 Å². The lowest BCUT2D eigenvalue weighted by Crippen LogP contribution is -2.42. The zero-order valence-electron chi connectivity index (χ0n) is 12.1.